The van der Waals surface area contributed by atoms with E-state index < -0.39 is 22.3 Å². The normalized spacial score (nSPS) is 16.5. The van der Waals surface area contributed by atoms with E-state index in [2.05, 4.69) is 5.32 Å². The standard InChI is InChI=1S/C19H18N2O5S/c1-2-26-15-9-4-3-8-14(15)21-18(24)16(27-19(21)25)11-17(23)20-12-6-5-7-13(22)10-12/h3-10,16,22H,2,11H2,1H3,(H,20,23). The van der Waals surface area contributed by atoms with Crippen molar-refractivity contribution in [1.29, 1.82) is 0 Å². The largest absolute Gasteiger partial charge is 0.508 e. The van der Waals surface area contributed by atoms with E-state index in [9.17, 15) is 19.5 Å². The van der Waals surface area contributed by atoms with Crippen LogP contribution >= 0.6 is 11.8 Å². The highest BCUT2D eigenvalue weighted by molar-refractivity contribution is 8.15. The van der Waals surface area contributed by atoms with Crippen molar-refractivity contribution in [3.63, 3.8) is 0 Å². The minimum atomic E-state index is -0.815. The lowest BCUT2D eigenvalue weighted by atomic mass is 10.2. The molecule has 1 saturated heterocycles. The van der Waals surface area contributed by atoms with Gasteiger partial charge in [-0.1, -0.05) is 18.2 Å². The van der Waals surface area contributed by atoms with Crippen LogP contribution < -0.4 is 15.0 Å². The molecule has 8 heteroatoms. The van der Waals surface area contributed by atoms with Crippen LogP contribution in [0.2, 0.25) is 0 Å². The van der Waals surface area contributed by atoms with E-state index in [1.54, 1.807) is 36.4 Å². The first-order chi connectivity index (χ1) is 13.0. The number of imide groups is 1. The number of para-hydroxylation sites is 2. The van der Waals surface area contributed by atoms with Crippen molar-refractivity contribution in [2.75, 3.05) is 16.8 Å². The summed E-state index contributed by atoms with van der Waals surface area (Å²) in [5, 5.41) is 10.8. The van der Waals surface area contributed by atoms with E-state index in [-0.39, 0.29) is 12.2 Å². The number of anilines is 2. The Hall–Kier alpha value is -3.00. The van der Waals surface area contributed by atoms with E-state index in [1.807, 2.05) is 6.92 Å². The van der Waals surface area contributed by atoms with Crippen molar-refractivity contribution >= 4 is 40.2 Å². The third kappa shape index (κ3) is 4.22. The summed E-state index contributed by atoms with van der Waals surface area (Å²) in [4.78, 5) is 38.4. The fourth-order valence-electron chi connectivity index (χ4n) is 2.69. The zero-order valence-electron chi connectivity index (χ0n) is 14.5. The lowest BCUT2D eigenvalue weighted by Crippen LogP contribution is -2.33. The Balaban J connectivity index is 1.72. The molecule has 2 aromatic rings. The van der Waals surface area contributed by atoms with Crippen molar-refractivity contribution in [1.82, 2.24) is 0 Å². The van der Waals surface area contributed by atoms with Gasteiger partial charge in [-0.3, -0.25) is 14.4 Å². The van der Waals surface area contributed by atoms with E-state index in [4.69, 9.17) is 4.74 Å². The van der Waals surface area contributed by atoms with E-state index in [1.165, 1.54) is 12.1 Å². The highest BCUT2D eigenvalue weighted by atomic mass is 32.2. The zero-order valence-corrected chi connectivity index (χ0v) is 15.4. The van der Waals surface area contributed by atoms with E-state index >= 15 is 0 Å². The third-order valence-corrected chi connectivity index (χ3v) is 4.87. The molecule has 1 fully saturated rings. The van der Waals surface area contributed by atoms with Gasteiger partial charge in [0.05, 0.1) is 12.3 Å². The molecule has 0 saturated carbocycles. The highest BCUT2D eigenvalue weighted by Crippen LogP contribution is 2.38. The van der Waals surface area contributed by atoms with Crippen LogP contribution in [0.3, 0.4) is 0 Å². The van der Waals surface area contributed by atoms with Crippen molar-refractivity contribution in [3.05, 3.63) is 48.5 Å². The molecule has 140 valence electrons. The Morgan fingerprint density at radius 1 is 1.22 bits per heavy atom. The summed E-state index contributed by atoms with van der Waals surface area (Å²) in [7, 11) is 0. The molecule has 1 heterocycles. The Bertz CT molecular complexity index is 886. The van der Waals surface area contributed by atoms with Crippen LogP contribution in [-0.2, 0) is 9.59 Å². The molecule has 1 atom stereocenters. The maximum atomic E-state index is 12.7. The number of ether oxygens (including phenoxy) is 1. The Morgan fingerprint density at radius 2 is 2.00 bits per heavy atom. The second-order valence-corrected chi connectivity index (χ2v) is 6.90. The average Bonchev–Trinajstić information content (AvgIpc) is 2.89. The van der Waals surface area contributed by atoms with Crippen molar-refractivity contribution in [3.8, 4) is 11.5 Å². The number of amides is 3. The van der Waals surface area contributed by atoms with Crippen molar-refractivity contribution in [2.24, 2.45) is 0 Å². The number of rotatable bonds is 6. The number of aromatic hydroxyl groups is 1. The average molecular weight is 386 g/mol. The number of thioether (sulfide) groups is 1. The summed E-state index contributed by atoms with van der Waals surface area (Å²) in [6, 6.07) is 12.9. The van der Waals surface area contributed by atoms with E-state index in [0.29, 0.717) is 23.7 Å². The van der Waals surface area contributed by atoms with Gasteiger partial charge in [0.1, 0.15) is 16.7 Å². The molecule has 1 aliphatic heterocycles. The molecule has 3 rings (SSSR count). The fraction of sp³-hybridized carbons (Fsp3) is 0.211. The summed E-state index contributed by atoms with van der Waals surface area (Å²) in [6.07, 6.45) is -0.155. The molecule has 2 aromatic carbocycles. The first-order valence-corrected chi connectivity index (χ1v) is 9.23. The number of benzene rings is 2. The summed E-state index contributed by atoms with van der Waals surface area (Å²) >= 11 is 0.817. The minimum Gasteiger partial charge on any atom is -0.508 e. The molecule has 2 N–H and O–H groups in total. The SMILES string of the molecule is CCOc1ccccc1N1C(=O)SC(CC(=O)Nc2cccc(O)c2)C1=O. The van der Waals surface area contributed by atoms with Gasteiger partial charge < -0.3 is 15.2 Å². The third-order valence-electron chi connectivity index (χ3n) is 3.83. The maximum absolute atomic E-state index is 12.7. The van der Waals surface area contributed by atoms with Crippen LogP contribution in [0.25, 0.3) is 0 Å². The molecule has 1 unspecified atom stereocenters. The lowest BCUT2D eigenvalue weighted by molar-refractivity contribution is -0.121. The number of hydrogen-bond acceptors (Lipinski definition) is 6. The predicted octanol–water partition coefficient (Wildman–Crippen LogP) is 3.39. The predicted molar refractivity (Wildman–Crippen MR) is 103 cm³/mol. The number of nitrogens with one attached hydrogen (secondary N) is 1. The van der Waals surface area contributed by atoms with Crippen molar-refractivity contribution in [2.45, 2.75) is 18.6 Å². The number of phenolic OH excluding ortho intramolecular Hbond substituents is 1. The molecule has 0 bridgehead atoms. The van der Waals surface area contributed by atoms with Crippen molar-refractivity contribution < 1.29 is 24.2 Å². The summed E-state index contributed by atoms with van der Waals surface area (Å²) in [5.41, 5.74) is 0.790. The first kappa shape index (κ1) is 18.8. The molecule has 0 aliphatic carbocycles. The first-order valence-electron chi connectivity index (χ1n) is 8.35. The van der Waals surface area contributed by atoms with Gasteiger partial charge in [0.2, 0.25) is 11.8 Å². The number of carbonyl (C=O) groups is 3. The lowest BCUT2D eigenvalue weighted by Gasteiger charge is -2.17. The van der Waals surface area contributed by atoms with Gasteiger partial charge in [-0.2, -0.15) is 0 Å². The van der Waals surface area contributed by atoms with E-state index in [0.717, 1.165) is 16.7 Å². The van der Waals surface area contributed by atoms with Gasteiger partial charge in [-0.25, -0.2) is 4.90 Å². The molecule has 7 nitrogen and oxygen atoms in total. The van der Waals surface area contributed by atoms with Gasteiger partial charge >= 0.3 is 0 Å². The van der Waals surface area contributed by atoms with Crippen LogP contribution in [0.15, 0.2) is 48.5 Å². The smallest absolute Gasteiger partial charge is 0.293 e. The minimum absolute atomic E-state index is 0.0213. The molecule has 27 heavy (non-hydrogen) atoms. The molecule has 0 spiro atoms. The van der Waals surface area contributed by atoms with Gasteiger partial charge in [0, 0.05) is 18.2 Å². The molecular formula is C19H18N2O5S. The molecule has 0 aromatic heterocycles. The van der Waals surface area contributed by atoms with Crippen LogP contribution in [0, 0.1) is 0 Å². The van der Waals surface area contributed by atoms with Crippen LogP contribution in [0.5, 0.6) is 11.5 Å². The van der Waals surface area contributed by atoms with Gasteiger partial charge in [-0.05, 0) is 43.0 Å². The Labute approximate surface area is 160 Å². The van der Waals surface area contributed by atoms with Crippen LogP contribution in [-0.4, -0.2) is 34.0 Å². The number of carbonyl (C=O) groups excluding carboxylic acids is 3. The number of phenols is 1. The zero-order chi connectivity index (χ0) is 19.4. The number of hydrogen-bond donors (Lipinski definition) is 2. The second-order valence-electron chi connectivity index (χ2n) is 5.75. The van der Waals surface area contributed by atoms with Gasteiger partial charge in [0.25, 0.3) is 5.24 Å². The topological polar surface area (TPSA) is 95.9 Å². The molecule has 0 radical (unpaired) electrons. The number of nitrogens with zero attached hydrogens (tertiary/aromatic N) is 1. The van der Waals surface area contributed by atoms with Gasteiger partial charge in [0.15, 0.2) is 0 Å². The Kier molecular flexibility index (Phi) is 5.66. The highest BCUT2D eigenvalue weighted by Gasteiger charge is 2.42. The van der Waals surface area contributed by atoms with Crippen LogP contribution in [0.1, 0.15) is 13.3 Å². The Morgan fingerprint density at radius 3 is 2.74 bits per heavy atom. The molecular weight excluding hydrogens is 368 g/mol. The summed E-state index contributed by atoms with van der Waals surface area (Å²) in [5.74, 6) is -0.414. The second kappa shape index (κ2) is 8.13. The molecule has 3 amide bonds. The van der Waals surface area contributed by atoms with Crippen LogP contribution in [0.4, 0.5) is 16.2 Å². The summed E-state index contributed by atoms with van der Waals surface area (Å²) < 4.78 is 5.49. The quantitative estimate of drug-likeness (QED) is 0.790. The van der Waals surface area contributed by atoms with Gasteiger partial charge in [-0.15, -0.1) is 0 Å². The summed E-state index contributed by atoms with van der Waals surface area (Å²) in [6.45, 7) is 2.21. The molecule has 1 aliphatic rings. The monoisotopic (exact) mass is 386 g/mol. The maximum Gasteiger partial charge on any atom is 0.293 e. The fourth-order valence-corrected chi connectivity index (χ4v) is 3.67.